The van der Waals surface area contributed by atoms with Crippen LogP contribution in [0.5, 0.6) is 0 Å². The minimum atomic E-state index is 0.567. The Kier molecular flexibility index (Phi) is 6.12. The molecule has 66 valence electrons. The molecule has 0 saturated carbocycles. The third kappa shape index (κ3) is 6.04. The Hall–Kier alpha value is -0.380. The summed E-state index contributed by atoms with van der Waals surface area (Å²) >= 11 is 0. The zero-order chi connectivity index (χ0) is 8.69. The van der Waals surface area contributed by atoms with Crippen LogP contribution in [0.2, 0.25) is 0 Å². The van der Waals surface area contributed by atoms with Gasteiger partial charge in [-0.1, -0.05) is 6.58 Å². The number of methoxy groups -OCH3 is 1. The Balaban J connectivity index is 3.35. The number of nitrogens with two attached hydrogens (primary N) is 1. The van der Waals surface area contributed by atoms with E-state index in [1.807, 2.05) is 7.05 Å². The third-order valence-corrected chi connectivity index (χ3v) is 1.46. The summed E-state index contributed by atoms with van der Waals surface area (Å²) < 4.78 is 4.93. The van der Waals surface area contributed by atoms with Crippen molar-refractivity contribution in [1.82, 2.24) is 4.90 Å². The SMILES string of the molecule is C=C(CN)CN(C)CCOC. The molecule has 0 heterocycles. The monoisotopic (exact) mass is 158 g/mol. The highest BCUT2D eigenvalue weighted by Gasteiger charge is 1.98. The van der Waals surface area contributed by atoms with E-state index in [-0.39, 0.29) is 0 Å². The maximum atomic E-state index is 5.39. The van der Waals surface area contributed by atoms with Crippen LogP contribution in [0.1, 0.15) is 0 Å². The summed E-state index contributed by atoms with van der Waals surface area (Å²) in [4.78, 5) is 2.14. The second-order valence-corrected chi connectivity index (χ2v) is 2.68. The van der Waals surface area contributed by atoms with E-state index in [9.17, 15) is 0 Å². The van der Waals surface area contributed by atoms with E-state index in [0.717, 1.165) is 25.3 Å². The highest BCUT2D eigenvalue weighted by atomic mass is 16.5. The molecule has 0 aliphatic heterocycles. The second kappa shape index (κ2) is 6.34. The topological polar surface area (TPSA) is 38.5 Å². The number of hydrogen-bond acceptors (Lipinski definition) is 3. The van der Waals surface area contributed by atoms with E-state index in [0.29, 0.717) is 6.54 Å². The van der Waals surface area contributed by atoms with Crippen molar-refractivity contribution >= 4 is 0 Å². The quantitative estimate of drug-likeness (QED) is 0.556. The number of rotatable bonds is 6. The molecule has 0 rings (SSSR count). The molecule has 0 atom stereocenters. The van der Waals surface area contributed by atoms with Crippen molar-refractivity contribution in [2.75, 3.05) is 40.4 Å². The molecule has 0 radical (unpaired) electrons. The lowest BCUT2D eigenvalue weighted by molar-refractivity contribution is 0.165. The summed E-state index contributed by atoms with van der Waals surface area (Å²) in [6, 6.07) is 0. The average Bonchev–Trinajstić information content (AvgIpc) is 2.00. The Labute approximate surface area is 68.8 Å². The smallest absolute Gasteiger partial charge is 0.0589 e. The molecular weight excluding hydrogens is 140 g/mol. The molecule has 0 fully saturated rings. The zero-order valence-electron chi connectivity index (χ0n) is 7.47. The van der Waals surface area contributed by atoms with Crippen LogP contribution in [0, 0.1) is 0 Å². The summed E-state index contributed by atoms with van der Waals surface area (Å²) in [5, 5.41) is 0. The fraction of sp³-hybridized carbons (Fsp3) is 0.750. The summed E-state index contributed by atoms with van der Waals surface area (Å²) in [6.07, 6.45) is 0. The van der Waals surface area contributed by atoms with Crippen LogP contribution in [0.3, 0.4) is 0 Å². The molecule has 2 N–H and O–H groups in total. The van der Waals surface area contributed by atoms with E-state index in [2.05, 4.69) is 11.5 Å². The first kappa shape index (κ1) is 10.6. The van der Waals surface area contributed by atoms with E-state index < -0.39 is 0 Å². The molecule has 0 bridgehead atoms. The minimum absolute atomic E-state index is 0.567. The van der Waals surface area contributed by atoms with Crippen molar-refractivity contribution in [2.45, 2.75) is 0 Å². The molecule has 0 amide bonds. The summed E-state index contributed by atoms with van der Waals surface area (Å²) in [5.41, 5.74) is 6.45. The van der Waals surface area contributed by atoms with E-state index in [4.69, 9.17) is 10.5 Å². The number of ether oxygens (including phenoxy) is 1. The molecule has 0 aliphatic carbocycles. The van der Waals surface area contributed by atoms with Crippen molar-refractivity contribution in [1.29, 1.82) is 0 Å². The maximum Gasteiger partial charge on any atom is 0.0589 e. The van der Waals surface area contributed by atoms with Crippen LogP contribution >= 0.6 is 0 Å². The summed E-state index contributed by atoms with van der Waals surface area (Å²) in [6.45, 7) is 6.93. The van der Waals surface area contributed by atoms with Gasteiger partial charge in [-0.05, 0) is 12.6 Å². The Morgan fingerprint density at radius 2 is 2.27 bits per heavy atom. The lowest BCUT2D eigenvalue weighted by atomic mass is 10.3. The van der Waals surface area contributed by atoms with Crippen molar-refractivity contribution < 1.29 is 4.74 Å². The van der Waals surface area contributed by atoms with Gasteiger partial charge in [-0.3, -0.25) is 0 Å². The zero-order valence-corrected chi connectivity index (χ0v) is 7.47. The van der Waals surface area contributed by atoms with Gasteiger partial charge in [-0.15, -0.1) is 0 Å². The van der Waals surface area contributed by atoms with Crippen LogP contribution in [0.4, 0.5) is 0 Å². The predicted molar refractivity (Wildman–Crippen MR) is 47.6 cm³/mol. The van der Waals surface area contributed by atoms with Crippen LogP contribution in [-0.4, -0.2) is 45.3 Å². The van der Waals surface area contributed by atoms with Gasteiger partial charge in [0.1, 0.15) is 0 Å². The predicted octanol–water partition coefficient (Wildman–Crippen LogP) is 0.0795. The first-order valence-corrected chi connectivity index (χ1v) is 3.75. The van der Waals surface area contributed by atoms with Gasteiger partial charge in [0, 0.05) is 26.7 Å². The largest absolute Gasteiger partial charge is 0.383 e. The van der Waals surface area contributed by atoms with Crippen molar-refractivity contribution in [3.05, 3.63) is 12.2 Å². The maximum absolute atomic E-state index is 5.39. The third-order valence-electron chi connectivity index (χ3n) is 1.46. The molecule has 0 spiro atoms. The van der Waals surface area contributed by atoms with Gasteiger partial charge in [0.25, 0.3) is 0 Å². The summed E-state index contributed by atoms with van der Waals surface area (Å²) in [5.74, 6) is 0. The van der Waals surface area contributed by atoms with Crippen LogP contribution < -0.4 is 5.73 Å². The van der Waals surface area contributed by atoms with Gasteiger partial charge in [-0.2, -0.15) is 0 Å². The fourth-order valence-corrected chi connectivity index (χ4v) is 0.772. The fourth-order valence-electron chi connectivity index (χ4n) is 0.772. The van der Waals surface area contributed by atoms with E-state index in [1.54, 1.807) is 7.11 Å². The number of likely N-dealkylation sites (N-methyl/N-ethyl adjacent to an activating group) is 1. The lowest BCUT2D eigenvalue weighted by Gasteiger charge is -2.16. The van der Waals surface area contributed by atoms with Gasteiger partial charge < -0.3 is 15.4 Å². The van der Waals surface area contributed by atoms with Gasteiger partial charge in [0.2, 0.25) is 0 Å². The molecule has 11 heavy (non-hydrogen) atoms. The van der Waals surface area contributed by atoms with E-state index >= 15 is 0 Å². The molecule has 0 aromatic heterocycles. The van der Waals surface area contributed by atoms with Crippen molar-refractivity contribution in [2.24, 2.45) is 5.73 Å². The summed E-state index contributed by atoms with van der Waals surface area (Å²) in [7, 11) is 3.73. The Morgan fingerprint density at radius 1 is 1.64 bits per heavy atom. The second-order valence-electron chi connectivity index (χ2n) is 2.68. The molecule has 0 aromatic carbocycles. The van der Waals surface area contributed by atoms with Crippen LogP contribution in [0.15, 0.2) is 12.2 Å². The van der Waals surface area contributed by atoms with Crippen molar-refractivity contribution in [3.63, 3.8) is 0 Å². The normalized spacial score (nSPS) is 10.5. The van der Waals surface area contributed by atoms with Gasteiger partial charge in [-0.25, -0.2) is 0 Å². The molecule has 3 nitrogen and oxygen atoms in total. The Morgan fingerprint density at radius 3 is 2.73 bits per heavy atom. The van der Waals surface area contributed by atoms with Gasteiger partial charge >= 0.3 is 0 Å². The van der Waals surface area contributed by atoms with Crippen LogP contribution in [-0.2, 0) is 4.74 Å². The highest BCUT2D eigenvalue weighted by molar-refractivity contribution is 4.97. The molecule has 3 heteroatoms. The number of nitrogens with zero attached hydrogens (tertiary/aromatic N) is 1. The first-order chi connectivity index (χ1) is 5.20. The van der Waals surface area contributed by atoms with Gasteiger partial charge in [0.05, 0.1) is 6.61 Å². The molecular formula is C8H18N2O. The first-order valence-electron chi connectivity index (χ1n) is 3.75. The lowest BCUT2D eigenvalue weighted by Crippen LogP contribution is -2.26. The molecule has 0 aliphatic rings. The molecule has 0 aromatic rings. The number of hydrogen-bond donors (Lipinski definition) is 1. The average molecular weight is 158 g/mol. The molecule has 0 unspecified atom stereocenters. The highest BCUT2D eigenvalue weighted by Crippen LogP contribution is 1.90. The standard InChI is InChI=1S/C8H18N2O/c1-8(6-9)7-10(2)4-5-11-3/h1,4-7,9H2,2-3H3. The van der Waals surface area contributed by atoms with Crippen molar-refractivity contribution in [3.8, 4) is 0 Å². The van der Waals surface area contributed by atoms with Gasteiger partial charge in [0.15, 0.2) is 0 Å². The van der Waals surface area contributed by atoms with Crippen LogP contribution in [0.25, 0.3) is 0 Å². The van der Waals surface area contributed by atoms with E-state index in [1.165, 1.54) is 0 Å². The molecule has 0 saturated heterocycles. The Bertz CT molecular complexity index is 115. The minimum Gasteiger partial charge on any atom is -0.383 e.